The summed E-state index contributed by atoms with van der Waals surface area (Å²) in [7, 11) is 0. The molecule has 32 heavy (non-hydrogen) atoms. The SMILES string of the molecule is Cc1cccc(-c2nc(-c3ccccc3)nc(-c3ccc4sc5ccccc5c4c3)n2)c1. The van der Waals surface area contributed by atoms with E-state index in [0.29, 0.717) is 17.5 Å². The third kappa shape index (κ3) is 3.35. The minimum absolute atomic E-state index is 0.683. The van der Waals surface area contributed by atoms with E-state index in [1.807, 2.05) is 47.7 Å². The summed E-state index contributed by atoms with van der Waals surface area (Å²) in [6.45, 7) is 2.08. The normalized spacial score (nSPS) is 11.3. The predicted molar refractivity (Wildman–Crippen MR) is 134 cm³/mol. The van der Waals surface area contributed by atoms with Crippen LogP contribution in [0.2, 0.25) is 0 Å². The largest absolute Gasteiger partial charge is 0.208 e. The van der Waals surface area contributed by atoms with Gasteiger partial charge in [0.05, 0.1) is 0 Å². The van der Waals surface area contributed by atoms with Gasteiger partial charge in [0.15, 0.2) is 17.5 Å². The summed E-state index contributed by atoms with van der Waals surface area (Å²) in [5.74, 6) is 2.06. The van der Waals surface area contributed by atoms with E-state index in [4.69, 9.17) is 15.0 Å². The predicted octanol–water partition coefficient (Wildman–Crippen LogP) is 7.55. The molecule has 0 radical (unpaired) electrons. The molecule has 152 valence electrons. The Labute approximate surface area is 190 Å². The monoisotopic (exact) mass is 429 g/mol. The fourth-order valence-electron chi connectivity index (χ4n) is 4.00. The maximum atomic E-state index is 4.89. The second kappa shape index (κ2) is 7.66. The van der Waals surface area contributed by atoms with Gasteiger partial charge in [0.2, 0.25) is 0 Å². The second-order valence-corrected chi connectivity index (χ2v) is 8.93. The number of hydrogen-bond donors (Lipinski definition) is 0. The number of aryl methyl sites for hydroxylation is 1. The molecule has 0 aliphatic heterocycles. The number of thiophene rings is 1. The van der Waals surface area contributed by atoms with Crippen molar-refractivity contribution in [3.8, 4) is 34.2 Å². The number of aromatic nitrogens is 3. The van der Waals surface area contributed by atoms with Gasteiger partial charge in [-0.05, 0) is 37.3 Å². The lowest BCUT2D eigenvalue weighted by molar-refractivity contribution is 1.07. The first kappa shape index (κ1) is 18.8. The summed E-state index contributed by atoms with van der Waals surface area (Å²) in [6, 6.07) is 33.4. The van der Waals surface area contributed by atoms with Crippen molar-refractivity contribution < 1.29 is 0 Å². The van der Waals surface area contributed by atoms with Crippen LogP contribution in [0.3, 0.4) is 0 Å². The van der Waals surface area contributed by atoms with E-state index in [0.717, 1.165) is 16.7 Å². The Morgan fingerprint density at radius 3 is 1.91 bits per heavy atom. The highest BCUT2D eigenvalue weighted by Gasteiger charge is 2.14. The molecular weight excluding hydrogens is 410 g/mol. The van der Waals surface area contributed by atoms with Gasteiger partial charge in [-0.1, -0.05) is 72.3 Å². The summed E-state index contributed by atoms with van der Waals surface area (Å²) >= 11 is 1.81. The highest BCUT2D eigenvalue weighted by Crippen LogP contribution is 2.36. The van der Waals surface area contributed by atoms with Crippen molar-refractivity contribution >= 4 is 31.5 Å². The molecule has 0 spiro atoms. The van der Waals surface area contributed by atoms with Crippen LogP contribution in [0.5, 0.6) is 0 Å². The Hall–Kier alpha value is -3.89. The topological polar surface area (TPSA) is 38.7 Å². The first-order chi connectivity index (χ1) is 15.7. The molecule has 0 atom stereocenters. The summed E-state index contributed by atoms with van der Waals surface area (Å²) in [6.07, 6.45) is 0. The number of benzene rings is 4. The molecule has 4 aromatic carbocycles. The summed E-state index contributed by atoms with van der Waals surface area (Å²) < 4.78 is 2.56. The van der Waals surface area contributed by atoms with E-state index >= 15 is 0 Å². The van der Waals surface area contributed by atoms with Gasteiger partial charge < -0.3 is 0 Å². The van der Waals surface area contributed by atoms with Crippen molar-refractivity contribution in [2.75, 3.05) is 0 Å². The lowest BCUT2D eigenvalue weighted by Crippen LogP contribution is -2.00. The van der Waals surface area contributed by atoms with E-state index in [1.165, 1.54) is 25.7 Å². The zero-order chi connectivity index (χ0) is 21.5. The Balaban J connectivity index is 1.58. The van der Waals surface area contributed by atoms with Crippen molar-refractivity contribution in [1.29, 1.82) is 0 Å². The molecule has 0 aliphatic rings. The van der Waals surface area contributed by atoms with Gasteiger partial charge in [0, 0.05) is 36.9 Å². The minimum Gasteiger partial charge on any atom is -0.208 e. The van der Waals surface area contributed by atoms with E-state index in [9.17, 15) is 0 Å². The summed E-state index contributed by atoms with van der Waals surface area (Å²) in [5.41, 5.74) is 4.14. The quantitative estimate of drug-likeness (QED) is 0.291. The van der Waals surface area contributed by atoms with Crippen molar-refractivity contribution in [1.82, 2.24) is 15.0 Å². The molecule has 0 fully saturated rings. The van der Waals surface area contributed by atoms with Gasteiger partial charge in [-0.25, -0.2) is 15.0 Å². The van der Waals surface area contributed by atoms with Crippen LogP contribution in [-0.2, 0) is 0 Å². The molecule has 0 amide bonds. The summed E-state index contributed by atoms with van der Waals surface area (Å²) in [5, 5.41) is 2.51. The van der Waals surface area contributed by atoms with Crippen LogP contribution in [0.15, 0.2) is 97.1 Å². The van der Waals surface area contributed by atoms with Crippen LogP contribution < -0.4 is 0 Å². The Kier molecular flexibility index (Phi) is 4.51. The van der Waals surface area contributed by atoms with Gasteiger partial charge in [-0.3, -0.25) is 0 Å². The standard InChI is InChI=1S/C28H19N3S/c1-18-8-7-11-20(16-18)27-29-26(19-9-3-2-4-10-19)30-28(31-27)21-14-15-25-23(17-21)22-12-5-6-13-24(22)32-25/h2-17H,1H3. The molecular formula is C28H19N3S. The Bertz CT molecular complexity index is 1590. The first-order valence-corrected chi connectivity index (χ1v) is 11.4. The van der Waals surface area contributed by atoms with Gasteiger partial charge in [0.25, 0.3) is 0 Å². The van der Waals surface area contributed by atoms with E-state index in [1.54, 1.807) is 0 Å². The second-order valence-electron chi connectivity index (χ2n) is 7.85. The van der Waals surface area contributed by atoms with Crippen LogP contribution in [0.4, 0.5) is 0 Å². The first-order valence-electron chi connectivity index (χ1n) is 10.5. The van der Waals surface area contributed by atoms with Crippen LogP contribution in [0.1, 0.15) is 5.56 Å². The molecule has 0 saturated heterocycles. The lowest BCUT2D eigenvalue weighted by Gasteiger charge is -2.09. The zero-order valence-electron chi connectivity index (χ0n) is 17.5. The van der Waals surface area contributed by atoms with Crippen molar-refractivity contribution in [2.45, 2.75) is 6.92 Å². The molecule has 0 N–H and O–H groups in total. The third-order valence-corrected chi connectivity index (χ3v) is 6.73. The lowest BCUT2D eigenvalue weighted by atomic mass is 10.1. The van der Waals surface area contributed by atoms with Crippen molar-refractivity contribution in [3.63, 3.8) is 0 Å². The highest BCUT2D eigenvalue weighted by molar-refractivity contribution is 7.25. The third-order valence-electron chi connectivity index (χ3n) is 5.58. The molecule has 0 unspecified atom stereocenters. The minimum atomic E-state index is 0.683. The molecule has 0 saturated carbocycles. The molecule has 2 aromatic heterocycles. The van der Waals surface area contributed by atoms with Gasteiger partial charge >= 0.3 is 0 Å². The molecule has 6 aromatic rings. The maximum absolute atomic E-state index is 4.89. The van der Waals surface area contributed by atoms with Crippen LogP contribution >= 0.6 is 11.3 Å². The fraction of sp³-hybridized carbons (Fsp3) is 0.0357. The van der Waals surface area contributed by atoms with Gasteiger partial charge in [0.1, 0.15) is 0 Å². The summed E-state index contributed by atoms with van der Waals surface area (Å²) in [4.78, 5) is 14.6. The average Bonchev–Trinajstić information content (AvgIpc) is 3.22. The van der Waals surface area contributed by atoms with Crippen LogP contribution in [-0.4, -0.2) is 15.0 Å². The molecule has 2 heterocycles. The smallest absolute Gasteiger partial charge is 0.164 e. The van der Waals surface area contributed by atoms with Gasteiger partial charge in [-0.2, -0.15) is 0 Å². The number of nitrogens with zero attached hydrogens (tertiary/aromatic N) is 3. The molecule has 6 rings (SSSR count). The van der Waals surface area contributed by atoms with Crippen molar-refractivity contribution in [2.24, 2.45) is 0 Å². The van der Waals surface area contributed by atoms with E-state index in [-0.39, 0.29) is 0 Å². The molecule has 0 bridgehead atoms. The molecule has 4 heteroatoms. The van der Waals surface area contributed by atoms with Crippen LogP contribution in [0.25, 0.3) is 54.3 Å². The Morgan fingerprint density at radius 2 is 1.12 bits per heavy atom. The number of fused-ring (bicyclic) bond motifs is 3. The zero-order valence-corrected chi connectivity index (χ0v) is 18.3. The molecule has 0 aliphatic carbocycles. The fourth-order valence-corrected chi connectivity index (χ4v) is 5.09. The average molecular weight is 430 g/mol. The Morgan fingerprint density at radius 1 is 0.500 bits per heavy atom. The highest BCUT2D eigenvalue weighted by atomic mass is 32.1. The van der Waals surface area contributed by atoms with Crippen LogP contribution in [0, 0.1) is 6.92 Å². The van der Waals surface area contributed by atoms with E-state index in [2.05, 4.69) is 67.6 Å². The number of hydrogen-bond acceptors (Lipinski definition) is 4. The van der Waals surface area contributed by atoms with E-state index < -0.39 is 0 Å². The molecule has 3 nitrogen and oxygen atoms in total. The number of rotatable bonds is 3. The maximum Gasteiger partial charge on any atom is 0.164 e. The van der Waals surface area contributed by atoms with Crippen molar-refractivity contribution in [3.05, 3.63) is 103 Å². The van der Waals surface area contributed by atoms with Gasteiger partial charge in [-0.15, -0.1) is 11.3 Å².